The second kappa shape index (κ2) is 9.54. The van der Waals surface area contributed by atoms with Gasteiger partial charge in [-0.1, -0.05) is 24.3 Å². The van der Waals surface area contributed by atoms with Crippen molar-refractivity contribution in [2.45, 2.75) is 13.8 Å². The number of hydrogen-bond donors (Lipinski definition) is 2. The Labute approximate surface area is 170 Å². The second-order valence-corrected chi connectivity index (χ2v) is 6.36. The molecule has 0 spiro atoms. The van der Waals surface area contributed by atoms with Crippen LogP contribution in [-0.4, -0.2) is 42.5 Å². The van der Waals surface area contributed by atoms with E-state index in [4.69, 9.17) is 4.74 Å². The summed E-state index contributed by atoms with van der Waals surface area (Å²) < 4.78 is 5.22. The predicted octanol–water partition coefficient (Wildman–Crippen LogP) is 3.70. The zero-order valence-corrected chi connectivity index (χ0v) is 16.8. The van der Waals surface area contributed by atoms with Crippen molar-refractivity contribution in [3.63, 3.8) is 0 Å². The number of amides is 1. The van der Waals surface area contributed by atoms with Crippen molar-refractivity contribution in [1.29, 1.82) is 0 Å². The molecule has 0 saturated heterocycles. The van der Waals surface area contributed by atoms with Gasteiger partial charge in [-0.25, -0.2) is 5.43 Å². The van der Waals surface area contributed by atoms with Crippen molar-refractivity contribution in [3.05, 3.63) is 65.9 Å². The summed E-state index contributed by atoms with van der Waals surface area (Å²) in [5.41, 5.74) is 6.44. The summed E-state index contributed by atoms with van der Waals surface area (Å²) in [6.45, 7) is 6.18. The SMILES string of the molecule is CCN(CC)c1ccc(/C=N/NC(=O)c2cc(-c3cccc(OC)c3)n[nH]2)cc1. The number of carbonyl (C=O) groups is 1. The molecule has 2 N–H and O–H groups in total. The van der Waals surface area contributed by atoms with E-state index in [9.17, 15) is 4.79 Å². The number of carbonyl (C=O) groups excluding carboxylic acids is 1. The standard InChI is InChI=1S/C22H25N5O2/c1-4-27(5-2)18-11-9-16(10-12-18)15-23-26-22(28)21-14-20(24-25-21)17-7-6-8-19(13-17)29-3/h6-15H,4-5H2,1-3H3,(H,24,25)(H,26,28)/b23-15+. The Morgan fingerprint density at radius 2 is 1.93 bits per heavy atom. The number of aromatic nitrogens is 2. The number of hydrogen-bond acceptors (Lipinski definition) is 5. The molecule has 1 aromatic heterocycles. The van der Waals surface area contributed by atoms with Crippen LogP contribution in [0.1, 0.15) is 29.9 Å². The molecule has 0 atom stereocenters. The number of aromatic amines is 1. The van der Waals surface area contributed by atoms with Gasteiger partial charge >= 0.3 is 0 Å². The maximum absolute atomic E-state index is 12.3. The van der Waals surface area contributed by atoms with Crippen LogP contribution in [0.15, 0.2) is 59.7 Å². The van der Waals surface area contributed by atoms with Crippen molar-refractivity contribution < 1.29 is 9.53 Å². The van der Waals surface area contributed by atoms with Gasteiger partial charge in [-0.05, 0) is 49.7 Å². The van der Waals surface area contributed by atoms with E-state index < -0.39 is 0 Å². The van der Waals surface area contributed by atoms with Crippen LogP contribution in [0.2, 0.25) is 0 Å². The molecule has 1 heterocycles. The van der Waals surface area contributed by atoms with E-state index in [1.807, 2.05) is 48.5 Å². The Morgan fingerprint density at radius 1 is 1.17 bits per heavy atom. The molecule has 7 nitrogen and oxygen atoms in total. The van der Waals surface area contributed by atoms with Crippen LogP contribution >= 0.6 is 0 Å². The topological polar surface area (TPSA) is 82.6 Å². The largest absolute Gasteiger partial charge is 0.497 e. The minimum Gasteiger partial charge on any atom is -0.497 e. The lowest BCUT2D eigenvalue weighted by Gasteiger charge is -2.20. The van der Waals surface area contributed by atoms with Gasteiger partial charge in [-0.2, -0.15) is 10.2 Å². The van der Waals surface area contributed by atoms with Gasteiger partial charge in [0.05, 0.1) is 19.0 Å². The number of hydrazone groups is 1. The molecular weight excluding hydrogens is 366 g/mol. The summed E-state index contributed by atoms with van der Waals surface area (Å²) in [7, 11) is 1.61. The van der Waals surface area contributed by atoms with Crippen molar-refractivity contribution in [2.24, 2.45) is 5.10 Å². The molecule has 3 rings (SSSR count). The van der Waals surface area contributed by atoms with Crippen LogP contribution in [-0.2, 0) is 0 Å². The fraction of sp³-hybridized carbons (Fsp3) is 0.227. The molecule has 0 radical (unpaired) electrons. The van der Waals surface area contributed by atoms with Gasteiger partial charge < -0.3 is 9.64 Å². The molecule has 29 heavy (non-hydrogen) atoms. The molecule has 150 valence electrons. The van der Waals surface area contributed by atoms with Crippen molar-refractivity contribution in [2.75, 3.05) is 25.1 Å². The minimum absolute atomic E-state index is 0.330. The molecule has 7 heteroatoms. The highest BCUT2D eigenvalue weighted by Gasteiger charge is 2.11. The van der Waals surface area contributed by atoms with Crippen LogP contribution in [0.5, 0.6) is 5.75 Å². The minimum atomic E-state index is -0.359. The predicted molar refractivity (Wildman–Crippen MR) is 116 cm³/mol. The molecule has 0 unspecified atom stereocenters. The van der Waals surface area contributed by atoms with E-state index in [2.05, 4.69) is 39.5 Å². The van der Waals surface area contributed by atoms with Crippen LogP contribution in [0.3, 0.4) is 0 Å². The number of anilines is 1. The highest BCUT2D eigenvalue weighted by Crippen LogP contribution is 2.22. The van der Waals surface area contributed by atoms with E-state index >= 15 is 0 Å². The first-order chi connectivity index (χ1) is 14.1. The smallest absolute Gasteiger partial charge is 0.289 e. The molecule has 0 bridgehead atoms. The van der Waals surface area contributed by atoms with Crippen LogP contribution in [0, 0.1) is 0 Å². The number of H-pyrrole nitrogens is 1. The molecule has 0 aliphatic heterocycles. The number of ether oxygens (including phenoxy) is 1. The van der Waals surface area contributed by atoms with Gasteiger partial charge in [0.25, 0.3) is 5.91 Å². The third kappa shape index (κ3) is 5.01. The maximum Gasteiger partial charge on any atom is 0.289 e. The lowest BCUT2D eigenvalue weighted by Crippen LogP contribution is -2.21. The van der Waals surface area contributed by atoms with Gasteiger partial charge in [-0.15, -0.1) is 0 Å². The van der Waals surface area contributed by atoms with E-state index in [0.717, 1.165) is 30.0 Å². The van der Waals surface area contributed by atoms with Crippen molar-refractivity contribution >= 4 is 17.8 Å². The number of methoxy groups -OCH3 is 1. The van der Waals surface area contributed by atoms with Crippen LogP contribution in [0.25, 0.3) is 11.3 Å². The quantitative estimate of drug-likeness (QED) is 0.453. The van der Waals surface area contributed by atoms with Crippen LogP contribution in [0.4, 0.5) is 5.69 Å². The molecule has 0 saturated carbocycles. The number of benzene rings is 2. The number of nitrogens with one attached hydrogen (secondary N) is 2. The summed E-state index contributed by atoms with van der Waals surface area (Å²) in [4.78, 5) is 14.6. The fourth-order valence-corrected chi connectivity index (χ4v) is 2.95. The average molecular weight is 391 g/mol. The second-order valence-electron chi connectivity index (χ2n) is 6.36. The lowest BCUT2D eigenvalue weighted by atomic mass is 10.1. The van der Waals surface area contributed by atoms with Crippen molar-refractivity contribution in [3.8, 4) is 17.0 Å². The fourth-order valence-electron chi connectivity index (χ4n) is 2.95. The molecular formula is C22H25N5O2. The maximum atomic E-state index is 12.3. The van der Waals surface area contributed by atoms with Gasteiger partial charge in [0.2, 0.25) is 0 Å². The Morgan fingerprint density at radius 3 is 2.62 bits per heavy atom. The number of rotatable bonds is 8. The van der Waals surface area contributed by atoms with E-state index in [1.54, 1.807) is 19.4 Å². The van der Waals surface area contributed by atoms with Gasteiger partial charge in [-0.3, -0.25) is 9.89 Å². The Kier molecular flexibility index (Phi) is 6.63. The highest BCUT2D eigenvalue weighted by atomic mass is 16.5. The molecule has 0 fully saturated rings. The first-order valence-electron chi connectivity index (χ1n) is 9.52. The molecule has 2 aromatic carbocycles. The zero-order valence-electron chi connectivity index (χ0n) is 16.8. The number of nitrogens with zero attached hydrogens (tertiary/aromatic N) is 3. The third-order valence-electron chi connectivity index (χ3n) is 4.59. The highest BCUT2D eigenvalue weighted by molar-refractivity contribution is 5.94. The first kappa shape index (κ1) is 20.1. The van der Waals surface area contributed by atoms with Gasteiger partial charge in [0.1, 0.15) is 11.4 Å². The lowest BCUT2D eigenvalue weighted by molar-refractivity contribution is 0.0950. The Balaban J connectivity index is 1.61. The summed E-state index contributed by atoms with van der Waals surface area (Å²) >= 11 is 0. The van der Waals surface area contributed by atoms with E-state index in [-0.39, 0.29) is 5.91 Å². The average Bonchev–Trinajstić information content (AvgIpc) is 3.26. The molecule has 0 aliphatic carbocycles. The van der Waals surface area contributed by atoms with Gasteiger partial charge in [0.15, 0.2) is 0 Å². The third-order valence-corrected chi connectivity index (χ3v) is 4.59. The monoisotopic (exact) mass is 391 g/mol. The normalized spacial score (nSPS) is 10.9. The summed E-state index contributed by atoms with van der Waals surface area (Å²) in [6.07, 6.45) is 1.61. The summed E-state index contributed by atoms with van der Waals surface area (Å²) in [5, 5.41) is 11.0. The Bertz CT molecular complexity index is 975. The van der Waals surface area contributed by atoms with E-state index in [0.29, 0.717) is 11.4 Å². The summed E-state index contributed by atoms with van der Waals surface area (Å²) in [5.74, 6) is 0.371. The van der Waals surface area contributed by atoms with Crippen LogP contribution < -0.4 is 15.1 Å². The summed E-state index contributed by atoms with van der Waals surface area (Å²) in [6, 6.07) is 17.2. The first-order valence-corrected chi connectivity index (χ1v) is 9.52. The van der Waals surface area contributed by atoms with Gasteiger partial charge in [0, 0.05) is 24.3 Å². The van der Waals surface area contributed by atoms with E-state index in [1.165, 1.54) is 5.69 Å². The van der Waals surface area contributed by atoms with Crippen molar-refractivity contribution in [1.82, 2.24) is 15.6 Å². The molecule has 1 amide bonds. The molecule has 3 aromatic rings. The zero-order chi connectivity index (χ0) is 20.6. The molecule has 0 aliphatic rings. The Hall–Kier alpha value is -3.61.